The highest BCUT2D eigenvalue weighted by Gasteiger charge is 2.07. The maximum absolute atomic E-state index is 10.3. The first-order valence-corrected chi connectivity index (χ1v) is 5.92. The predicted molar refractivity (Wildman–Crippen MR) is 62.0 cm³/mol. The Hall–Kier alpha value is -1.20. The van der Waals surface area contributed by atoms with Crippen molar-refractivity contribution in [1.82, 2.24) is 4.98 Å². The molecule has 0 aliphatic carbocycles. The van der Waals surface area contributed by atoms with Crippen LogP contribution in [-0.2, 0) is 4.79 Å². The first kappa shape index (κ1) is 11.3. The number of benzene rings is 1. The molecule has 1 N–H and O–H groups in total. The molecule has 0 unspecified atom stereocenters. The van der Waals surface area contributed by atoms with Gasteiger partial charge in [0.1, 0.15) is 5.52 Å². The molecule has 0 radical (unpaired) electrons. The van der Waals surface area contributed by atoms with Crippen LogP contribution in [0, 0.1) is 0 Å². The fraction of sp³-hybridized carbons (Fsp3) is 0.200. The van der Waals surface area contributed by atoms with Gasteiger partial charge in [-0.05, 0) is 18.2 Å². The molecule has 1 aromatic heterocycles. The molecule has 0 saturated heterocycles. The number of fused-ring (bicyclic) bond motifs is 1. The van der Waals surface area contributed by atoms with Gasteiger partial charge in [-0.1, -0.05) is 23.4 Å². The van der Waals surface area contributed by atoms with E-state index in [1.807, 2.05) is 0 Å². The summed E-state index contributed by atoms with van der Waals surface area (Å²) in [6.07, 6.45) is 0.0874. The molecule has 0 bridgehead atoms. The summed E-state index contributed by atoms with van der Waals surface area (Å²) in [6, 6.07) is 5.17. The summed E-state index contributed by atoms with van der Waals surface area (Å²) in [5.41, 5.74) is 1.34. The molecule has 0 fully saturated rings. The number of nitrogens with zero attached hydrogens (tertiary/aromatic N) is 1. The van der Waals surface area contributed by atoms with E-state index in [4.69, 9.17) is 21.1 Å². The van der Waals surface area contributed by atoms with Crippen LogP contribution in [0.1, 0.15) is 6.42 Å². The fourth-order valence-electron chi connectivity index (χ4n) is 1.17. The van der Waals surface area contributed by atoms with Crippen LogP contribution >= 0.6 is 23.4 Å². The van der Waals surface area contributed by atoms with Gasteiger partial charge in [-0.2, -0.15) is 0 Å². The van der Waals surface area contributed by atoms with Crippen molar-refractivity contribution >= 4 is 40.4 Å². The van der Waals surface area contributed by atoms with Crippen molar-refractivity contribution in [3.63, 3.8) is 0 Å². The van der Waals surface area contributed by atoms with Gasteiger partial charge in [0.25, 0.3) is 5.22 Å². The van der Waals surface area contributed by atoms with E-state index in [1.165, 1.54) is 11.8 Å². The maximum atomic E-state index is 10.3. The van der Waals surface area contributed by atoms with Crippen LogP contribution in [0.2, 0.25) is 5.02 Å². The number of carboxylic acid groups (broad SMARTS) is 1. The summed E-state index contributed by atoms with van der Waals surface area (Å²) in [7, 11) is 0. The largest absolute Gasteiger partial charge is 0.481 e. The molecule has 2 rings (SSSR count). The first-order chi connectivity index (χ1) is 7.65. The quantitative estimate of drug-likeness (QED) is 0.853. The van der Waals surface area contributed by atoms with Crippen LogP contribution < -0.4 is 0 Å². The van der Waals surface area contributed by atoms with Crippen LogP contribution in [-0.4, -0.2) is 21.8 Å². The minimum absolute atomic E-state index is 0.0874. The van der Waals surface area contributed by atoms with Crippen LogP contribution in [0.4, 0.5) is 0 Å². The molecule has 84 valence electrons. The number of aliphatic carboxylic acids is 1. The van der Waals surface area contributed by atoms with Gasteiger partial charge in [-0.15, -0.1) is 0 Å². The SMILES string of the molecule is O=C(O)CCSc1nc2cc(Cl)ccc2o1. The normalized spacial score (nSPS) is 10.8. The van der Waals surface area contributed by atoms with E-state index in [1.54, 1.807) is 18.2 Å². The monoisotopic (exact) mass is 257 g/mol. The first-order valence-electron chi connectivity index (χ1n) is 4.56. The fourth-order valence-corrected chi connectivity index (χ4v) is 2.10. The summed E-state index contributed by atoms with van der Waals surface area (Å²) < 4.78 is 5.41. The van der Waals surface area contributed by atoms with Crippen molar-refractivity contribution in [2.45, 2.75) is 11.6 Å². The van der Waals surface area contributed by atoms with Gasteiger partial charge < -0.3 is 9.52 Å². The van der Waals surface area contributed by atoms with Gasteiger partial charge >= 0.3 is 5.97 Å². The Kier molecular flexibility index (Phi) is 3.36. The topological polar surface area (TPSA) is 63.3 Å². The zero-order valence-electron chi connectivity index (χ0n) is 8.14. The second kappa shape index (κ2) is 4.76. The van der Waals surface area contributed by atoms with E-state index in [0.29, 0.717) is 27.1 Å². The molecular formula is C10H8ClNO3S. The second-order valence-corrected chi connectivity index (χ2v) is 4.57. The number of aromatic nitrogens is 1. The van der Waals surface area contributed by atoms with E-state index >= 15 is 0 Å². The molecule has 0 aliphatic heterocycles. The molecule has 6 heteroatoms. The van der Waals surface area contributed by atoms with Gasteiger partial charge in [-0.3, -0.25) is 4.79 Å². The van der Waals surface area contributed by atoms with Crippen LogP contribution in [0.15, 0.2) is 27.8 Å². The lowest BCUT2D eigenvalue weighted by Crippen LogP contribution is -1.95. The van der Waals surface area contributed by atoms with E-state index in [0.717, 1.165) is 0 Å². The molecule has 0 spiro atoms. The standard InChI is InChI=1S/C10H8ClNO3S/c11-6-1-2-8-7(5-6)12-10(15-8)16-4-3-9(13)14/h1-2,5H,3-4H2,(H,13,14). The van der Waals surface area contributed by atoms with Crippen LogP contribution in [0.5, 0.6) is 0 Å². The Morgan fingerprint density at radius 2 is 2.38 bits per heavy atom. The summed E-state index contributed by atoms with van der Waals surface area (Å²) in [5.74, 6) is -0.387. The lowest BCUT2D eigenvalue weighted by atomic mass is 10.3. The molecule has 16 heavy (non-hydrogen) atoms. The number of halogens is 1. The van der Waals surface area contributed by atoms with Crippen molar-refractivity contribution in [1.29, 1.82) is 0 Å². The summed E-state index contributed by atoms with van der Waals surface area (Å²) in [5, 5.41) is 9.56. The lowest BCUT2D eigenvalue weighted by Gasteiger charge is -1.91. The van der Waals surface area contributed by atoms with Gasteiger partial charge in [0.2, 0.25) is 0 Å². The molecular weight excluding hydrogens is 250 g/mol. The van der Waals surface area contributed by atoms with Crippen molar-refractivity contribution in [2.24, 2.45) is 0 Å². The molecule has 1 heterocycles. The highest BCUT2D eigenvalue weighted by atomic mass is 35.5. The van der Waals surface area contributed by atoms with E-state index < -0.39 is 5.97 Å². The van der Waals surface area contributed by atoms with Crippen LogP contribution in [0.25, 0.3) is 11.1 Å². The third-order valence-electron chi connectivity index (χ3n) is 1.87. The Morgan fingerprint density at radius 3 is 3.12 bits per heavy atom. The number of hydrogen-bond acceptors (Lipinski definition) is 4. The summed E-state index contributed by atoms with van der Waals surface area (Å²) in [4.78, 5) is 14.5. The number of oxazole rings is 1. The van der Waals surface area contributed by atoms with Gasteiger partial charge in [0.05, 0.1) is 6.42 Å². The number of rotatable bonds is 4. The smallest absolute Gasteiger partial charge is 0.304 e. The number of carbonyl (C=O) groups is 1. The Labute approximate surface area is 101 Å². The Bertz CT molecular complexity index is 526. The van der Waals surface area contributed by atoms with E-state index in [9.17, 15) is 4.79 Å². The van der Waals surface area contributed by atoms with Crippen molar-refractivity contribution in [3.05, 3.63) is 23.2 Å². The number of hydrogen-bond donors (Lipinski definition) is 1. The van der Waals surface area contributed by atoms with E-state index in [-0.39, 0.29) is 6.42 Å². The van der Waals surface area contributed by atoms with Crippen molar-refractivity contribution < 1.29 is 14.3 Å². The van der Waals surface area contributed by atoms with Crippen LogP contribution in [0.3, 0.4) is 0 Å². The average Bonchev–Trinajstić information content (AvgIpc) is 2.58. The number of thioether (sulfide) groups is 1. The maximum Gasteiger partial charge on any atom is 0.304 e. The molecule has 4 nitrogen and oxygen atoms in total. The Morgan fingerprint density at radius 1 is 1.56 bits per heavy atom. The van der Waals surface area contributed by atoms with Gasteiger partial charge in [0.15, 0.2) is 5.58 Å². The zero-order chi connectivity index (χ0) is 11.5. The molecule has 0 amide bonds. The third kappa shape index (κ3) is 2.68. The highest BCUT2D eigenvalue weighted by Crippen LogP contribution is 2.25. The minimum atomic E-state index is -0.827. The minimum Gasteiger partial charge on any atom is -0.481 e. The second-order valence-electron chi connectivity index (χ2n) is 3.08. The average molecular weight is 258 g/mol. The molecule has 0 atom stereocenters. The predicted octanol–water partition coefficient (Wildman–Crippen LogP) is 3.05. The molecule has 0 aliphatic rings. The molecule has 1 aromatic carbocycles. The van der Waals surface area contributed by atoms with Crippen molar-refractivity contribution in [3.8, 4) is 0 Å². The summed E-state index contributed by atoms with van der Waals surface area (Å²) >= 11 is 7.09. The van der Waals surface area contributed by atoms with Crippen molar-refractivity contribution in [2.75, 3.05) is 5.75 Å². The molecule has 2 aromatic rings. The van der Waals surface area contributed by atoms with Gasteiger partial charge in [0, 0.05) is 10.8 Å². The highest BCUT2D eigenvalue weighted by molar-refractivity contribution is 7.99. The van der Waals surface area contributed by atoms with Gasteiger partial charge in [-0.25, -0.2) is 4.98 Å². The number of carboxylic acids is 1. The van der Waals surface area contributed by atoms with E-state index in [2.05, 4.69) is 4.98 Å². The third-order valence-corrected chi connectivity index (χ3v) is 2.94. The summed E-state index contributed by atoms with van der Waals surface area (Å²) in [6.45, 7) is 0. The lowest BCUT2D eigenvalue weighted by molar-refractivity contribution is -0.136. The zero-order valence-corrected chi connectivity index (χ0v) is 9.72. The molecule has 0 saturated carbocycles. The Balaban J connectivity index is 2.10.